The molecule has 0 spiro atoms. The summed E-state index contributed by atoms with van der Waals surface area (Å²) in [5, 5.41) is 11.5. The molecule has 2 aromatic carbocycles. The largest absolute Gasteiger partial charge is 0.495 e. The number of nitrogen functional groups attached to an aromatic ring is 1. The number of aromatic nitrogens is 3. The molecular weight excluding hydrogens is 378 g/mol. The third kappa shape index (κ3) is 4.55. The molecule has 1 heterocycles. The van der Waals surface area contributed by atoms with Gasteiger partial charge in [-0.1, -0.05) is 23.9 Å². The summed E-state index contributed by atoms with van der Waals surface area (Å²) in [5.74, 6) is 7.93. The summed E-state index contributed by atoms with van der Waals surface area (Å²) < 4.78 is 12.0. The molecule has 0 atom stereocenters. The Kier molecular flexibility index (Phi) is 6.38. The normalized spacial score (nSPS) is 10.5. The fourth-order valence-electron chi connectivity index (χ4n) is 2.50. The molecule has 1 aromatic heterocycles. The number of thioether (sulfide) groups is 1. The number of hydrogen-bond donors (Lipinski definition) is 2. The Morgan fingerprint density at radius 2 is 1.93 bits per heavy atom. The number of methoxy groups -OCH3 is 1. The Labute approximate surface area is 167 Å². The van der Waals surface area contributed by atoms with Crippen LogP contribution in [0.5, 0.6) is 11.5 Å². The lowest BCUT2D eigenvalue weighted by Gasteiger charge is -2.09. The molecule has 28 heavy (non-hydrogen) atoms. The van der Waals surface area contributed by atoms with Gasteiger partial charge in [-0.25, -0.2) is 4.68 Å². The predicted octanol–water partition coefficient (Wildman–Crippen LogP) is 2.80. The average Bonchev–Trinajstić information content (AvgIpc) is 3.08. The molecule has 0 aliphatic heterocycles. The Hall–Kier alpha value is -3.20. The zero-order valence-electron chi connectivity index (χ0n) is 15.6. The van der Waals surface area contributed by atoms with Gasteiger partial charge in [0.25, 0.3) is 0 Å². The highest BCUT2D eigenvalue weighted by Crippen LogP contribution is 2.25. The van der Waals surface area contributed by atoms with E-state index in [1.165, 1.54) is 16.4 Å². The van der Waals surface area contributed by atoms with Crippen molar-refractivity contribution >= 4 is 23.4 Å². The highest BCUT2D eigenvalue weighted by Gasteiger charge is 2.14. The number of carbonyl (C=O) groups excluding carboxylic acids is 1. The molecule has 1 amide bonds. The van der Waals surface area contributed by atoms with E-state index in [1.54, 1.807) is 19.2 Å². The van der Waals surface area contributed by atoms with Crippen molar-refractivity contribution in [2.24, 2.45) is 0 Å². The van der Waals surface area contributed by atoms with Gasteiger partial charge in [-0.2, -0.15) is 0 Å². The topological polar surface area (TPSA) is 104 Å². The van der Waals surface area contributed by atoms with Crippen molar-refractivity contribution < 1.29 is 14.3 Å². The van der Waals surface area contributed by atoms with Crippen LogP contribution >= 0.6 is 11.8 Å². The van der Waals surface area contributed by atoms with Crippen molar-refractivity contribution in [1.29, 1.82) is 0 Å². The second-order valence-electron chi connectivity index (χ2n) is 5.67. The molecule has 0 unspecified atom stereocenters. The Bertz CT molecular complexity index is 943. The number of nitrogens with one attached hydrogen (secondary N) is 1. The number of para-hydroxylation sites is 2. The molecule has 0 bridgehead atoms. The molecule has 8 nitrogen and oxygen atoms in total. The van der Waals surface area contributed by atoms with E-state index in [9.17, 15) is 4.79 Å². The number of amides is 1. The Morgan fingerprint density at radius 1 is 1.18 bits per heavy atom. The first-order chi connectivity index (χ1) is 13.6. The lowest BCUT2D eigenvalue weighted by molar-refractivity contribution is -0.113. The minimum atomic E-state index is -0.194. The molecule has 0 fully saturated rings. The highest BCUT2D eigenvalue weighted by molar-refractivity contribution is 7.99. The summed E-state index contributed by atoms with van der Waals surface area (Å²) >= 11 is 1.20. The van der Waals surface area contributed by atoms with Crippen LogP contribution in [0.15, 0.2) is 53.7 Å². The first-order valence-corrected chi connectivity index (χ1v) is 9.60. The number of nitrogens with two attached hydrogens (primary N) is 1. The van der Waals surface area contributed by atoms with Gasteiger partial charge in [0, 0.05) is 5.56 Å². The summed E-state index contributed by atoms with van der Waals surface area (Å²) in [4.78, 5) is 12.2. The molecule has 0 radical (unpaired) electrons. The molecule has 3 N–H and O–H groups in total. The van der Waals surface area contributed by atoms with Crippen molar-refractivity contribution in [1.82, 2.24) is 14.9 Å². The van der Waals surface area contributed by atoms with Gasteiger partial charge in [-0.05, 0) is 43.3 Å². The third-order valence-electron chi connectivity index (χ3n) is 3.80. The third-order valence-corrected chi connectivity index (χ3v) is 4.74. The number of carbonyl (C=O) groups is 1. The number of ether oxygens (including phenoxy) is 2. The van der Waals surface area contributed by atoms with Crippen LogP contribution in [0.2, 0.25) is 0 Å². The lowest BCUT2D eigenvalue weighted by Crippen LogP contribution is -2.16. The van der Waals surface area contributed by atoms with Crippen LogP contribution in [0.25, 0.3) is 11.4 Å². The summed E-state index contributed by atoms with van der Waals surface area (Å²) in [7, 11) is 1.55. The molecular formula is C19H21N5O3S. The van der Waals surface area contributed by atoms with E-state index < -0.39 is 0 Å². The number of rotatable bonds is 8. The minimum Gasteiger partial charge on any atom is -0.495 e. The van der Waals surface area contributed by atoms with E-state index in [0.717, 1.165) is 11.3 Å². The van der Waals surface area contributed by atoms with Crippen molar-refractivity contribution in [2.45, 2.75) is 12.1 Å². The zero-order valence-corrected chi connectivity index (χ0v) is 16.4. The van der Waals surface area contributed by atoms with Gasteiger partial charge in [0.2, 0.25) is 11.1 Å². The summed E-state index contributed by atoms with van der Waals surface area (Å²) in [6.07, 6.45) is 0. The van der Waals surface area contributed by atoms with Gasteiger partial charge in [-0.15, -0.1) is 10.2 Å². The fourth-order valence-corrected chi connectivity index (χ4v) is 3.16. The first-order valence-electron chi connectivity index (χ1n) is 8.61. The summed E-state index contributed by atoms with van der Waals surface area (Å²) in [6.45, 7) is 2.53. The maximum Gasteiger partial charge on any atom is 0.234 e. The number of nitrogens with zero attached hydrogens (tertiary/aromatic N) is 3. The van der Waals surface area contributed by atoms with E-state index in [4.69, 9.17) is 15.3 Å². The molecule has 0 saturated heterocycles. The minimum absolute atomic E-state index is 0.136. The van der Waals surface area contributed by atoms with Crippen LogP contribution in [0.3, 0.4) is 0 Å². The van der Waals surface area contributed by atoms with Gasteiger partial charge in [-0.3, -0.25) is 4.79 Å². The second-order valence-corrected chi connectivity index (χ2v) is 6.61. The SMILES string of the molecule is CCOc1ccc(-c2nnc(SCC(=O)Nc3ccccc3OC)n2N)cc1. The van der Waals surface area contributed by atoms with Crippen LogP contribution in [0.1, 0.15) is 6.92 Å². The quantitative estimate of drug-likeness (QED) is 0.443. The van der Waals surface area contributed by atoms with Gasteiger partial charge >= 0.3 is 0 Å². The van der Waals surface area contributed by atoms with Crippen LogP contribution in [0.4, 0.5) is 5.69 Å². The number of anilines is 1. The van der Waals surface area contributed by atoms with Crippen LogP contribution < -0.4 is 20.6 Å². The maximum absolute atomic E-state index is 12.2. The highest BCUT2D eigenvalue weighted by atomic mass is 32.2. The molecule has 0 saturated carbocycles. The standard InChI is InChI=1S/C19H21N5O3S/c1-3-27-14-10-8-13(9-11-14)18-22-23-19(24(18)20)28-12-17(25)21-15-6-4-5-7-16(15)26-2/h4-11H,3,12,20H2,1-2H3,(H,21,25). The van der Waals surface area contributed by atoms with E-state index in [0.29, 0.717) is 29.0 Å². The van der Waals surface area contributed by atoms with Gasteiger partial charge in [0.15, 0.2) is 5.82 Å². The summed E-state index contributed by atoms with van der Waals surface area (Å²) in [5.41, 5.74) is 1.42. The number of benzene rings is 2. The van der Waals surface area contributed by atoms with E-state index >= 15 is 0 Å². The summed E-state index contributed by atoms with van der Waals surface area (Å²) in [6, 6.07) is 14.6. The Morgan fingerprint density at radius 3 is 2.64 bits per heavy atom. The first kappa shape index (κ1) is 19.6. The van der Waals surface area contributed by atoms with Crippen LogP contribution in [0, 0.1) is 0 Å². The van der Waals surface area contributed by atoms with Crippen molar-refractivity contribution in [3.8, 4) is 22.9 Å². The van der Waals surface area contributed by atoms with Crippen LogP contribution in [-0.4, -0.2) is 40.3 Å². The van der Waals surface area contributed by atoms with Crippen molar-refractivity contribution in [2.75, 3.05) is 30.6 Å². The number of hydrogen-bond acceptors (Lipinski definition) is 7. The second kappa shape index (κ2) is 9.14. The average molecular weight is 399 g/mol. The molecule has 0 aliphatic carbocycles. The zero-order chi connectivity index (χ0) is 19.9. The Balaban J connectivity index is 1.63. The van der Waals surface area contributed by atoms with Crippen molar-refractivity contribution in [3.05, 3.63) is 48.5 Å². The van der Waals surface area contributed by atoms with E-state index in [1.807, 2.05) is 43.3 Å². The van der Waals surface area contributed by atoms with Crippen molar-refractivity contribution in [3.63, 3.8) is 0 Å². The maximum atomic E-state index is 12.2. The predicted molar refractivity (Wildman–Crippen MR) is 109 cm³/mol. The van der Waals surface area contributed by atoms with Crippen LogP contribution in [-0.2, 0) is 4.79 Å². The van der Waals surface area contributed by atoms with Gasteiger partial charge < -0.3 is 20.6 Å². The lowest BCUT2D eigenvalue weighted by atomic mass is 10.2. The molecule has 9 heteroatoms. The molecule has 3 aromatic rings. The van der Waals surface area contributed by atoms with E-state index in [-0.39, 0.29) is 11.7 Å². The smallest absolute Gasteiger partial charge is 0.234 e. The van der Waals surface area contributed by atoms with E-state index in [2.05, 4.69) is 15.5 Å². The van der Waals surface area contributed by atoms with Gasteiger partial charge in [0.05, 0.1) is 25.2 Å². The molecule has 0 aliphatic rings. The monoisotopic (exact) mass is 399 g/mol. The fraction of sp³-hybridized carbons (Fsp3) is 0.211. The van der Waals surface area contributed by atoms with Gasteiger partial charge in [0.1, 0.15) is 11.5 Å². The molecule has 146 valence electrons. The molecule has 3 rings (SSSR count).